The average molecular weight is 256 g/mol. The van der Waals surface area contributed by atoms with Crippen molar-refractivity contribution >= 4 is 10.8 Å². The molecule has 0 amide bonds. The number of hydrogen-bond donors (Lipinski definition) is 1. The molecule has 0 aromatic heterocycles. The zero-order valence-corrected chi connectivity index (χ0v) is 12.0. The van der Waals surface area contributed by atoms with Gasteiger partial charge in [0.05, 0.1) is 6.10 Å². The van der Waals surface area contributed by atoms with E-state index in [1.165, 1.54) is 21.9 Å². The Morgan fingerprint density at radius 2 is 1.74 bits per heavy atom. The van der Waals surface area contributed by atoms with Gasteiger partial charge in [0.1, 0.15) is 0 Å². The first kappa shape index (κ1) is 14.1. The van der Waals surface area contributed by atoms with Crippen molar-refractivity contribution in [1.29, 1.82) is 0 Å². The van der Waals surface area contributed by atoms with E-state index in [0.29, 0.717) is 0 Å². The van der Waals surface area contributed by atoms with Gasteiger partial charge in [0, 0.05) is 0 Å². The van der Waals surface area contributed by atoms with E-state index < -0.39 is 0 Å². The molecule has 19 heavy (non-hydrogen) atoms. The fourth-order valence-electron chi connectivity index (χ4n) is 2.68. The number of hydrogen-bond acceptors (Lipinski definition) is 1. The highest BCUT2D eigenvalue weighted by Crippen LogP contribution is 2.21. The highest BCUT2D eigenvalue weighted by atomic mass is 16.3. The molecule has 0 fully saturated rings. The van der Waals surface area contributed by atoms with Crippen molar-refractivity contribution in [3.05, 3.63) is 47.5 Å². The van der Waals surface area contributed by atoms with Gasteiger partial charge in [0.25, 0.3) is 0 Å². The molecule has 102 valence electrons. The van der Waals surface area contributed by atoms with Crippen LogP contribution in [0, 0.1) is 6.92 Å². The van der Waals surface area contributed by atoms with Crippen molar-refractivity contribution in [2.24, 2.45) is 0 Å². The summed E-state index contributed by atoms with van der Waals surface area (Å²) >= 11 is 0. The minimum Gasteiger partial charge on any atom is -0.393 e. The minimum atomic E-state index is -0.120. The van der Waals surface area contributed by atoms with Crippen LogP contribution in [-0.2, 0) is 6.42 Å². The normalized spacial score (nSPS) is 12.8. The van der Waals surface area contributed by atoms with Gasteiger partial charge >= 0.3 is 0 Å². The van der Waals surface area contributed by atoms with E-state index in [1.807, 2.05) is 0 Å². The predicted octanol–water partition coefficient (Wildman–Crippen LogP) is 4.63. The Bertz CT molecular complexity index is 530. The molecule has 2 rings (SSSR count). The lowest BCUT2D eigenvalue weighted by Crippen LogP contribution is -2.06. The molecule has 0 aliphatic heterocycles. The van der Waals surface area contributed by atoms with Crippen molar-refractivity contribution < 1.29 is 5.11 Å². The third kappa shape index (κ3) is 3.81. The molecule has 2 aromatic rings. The number of aliphatic hydroxyl groups excluding tert-OH is 1. The molecule has 1 atom stereocenters. The molecule has 0 heterocycles. The summed E-state index contributed by atoms with van der Waals surface area (Å²) in [4.78, 5) is 0. The molecule has 1 N–H and O–H groups in total. The van der Waals surface area contributed by atoms with Crippen molar-refractivity contribution in [3.63, 3.8) is 0 Å². The second kappa shape index (κ2) is 6.72. The monoisotopic (exact) mass is 256 g/mol. The first-order valence-electron chi connectivity index (χ1n) is 7.37. The van der Waals surface area contributed by atoms with Gasteiger partial charge in [-0.2, -0.15) is 0 Å². The van der Waals surface area contributed by atoms with Gasteiger partial charge in [-0.1, -0.05) is 49.7 Å². The molecule has 0 spiro atoms. The first-order valence-corrected chi connectivity index (χ1v) is 7.37. The van der Waals surface area contributed by atoms with Crippen LogP contribution in [0.25, 0.3) is 10.8 Å². The summed E-state index contributed by atoms with van der Waals surface area (Å²) in [5.41, 5.74) is 2.78. The maximum atomic E-state index is 9.77. The average Bonchev–Trinajstić information content (AvgIpc) is 2.39. The largest absolute Gasteiger partial charge is 0.393 e. The highest BCUT2D eigenvalue weighted by molar-refractivity contribution is 5.84. The molecule has 0 aliphatic carbocycles. The van der Waals surface area contributed by atoms with Gasteiger partial charge in [-0.25, -0.2) is 0 Å². The van der Waals surface area contributed by atoms with Crippen LogP contribution in [0.15, 0.2) is 36.4 Å². The number of aryl methyl sites for hydroxylation is 2. The van der Waals surface area contributed by atoms with Crippen molar-refractivity contribution in [1.82, 2.24) is 0 Å². The molecule has 0 saturated heterocycles. The Balaban J connectivity index is 2.02. The Morgan fingerprint density at radius 1 is 1.05 bits per heavy atom. The van der Waals surface area contributed by atoms with Crippen LogP contribution in [0.3, 0.4) is 0 Å². The lowest BCUT2D eigenvalue weighted by atomic mass is 9.97. The summed E-state index contributed by atoms with van der Waals surface area (Å²) in [7, 11) is 0. The molecular weight excluding hydrogens is 232 g/mol. The SMILES string of the molecule is CCCC(O)CCCc1cc2ccccc2cc1C. The van der Waals surface area contributed by atoms with Gasteiger partial charge in [0.2, 0.25) is 0 Å². The fraction of sp³-hybridized carbons (Fsp3) is 0.444. The number of fused-ring (bicyclic) bond motifs is 1. The van der Waals surface area contributed by atoms with Crippen LogP contribution < -0.4 is 0 Å². The van der Waals surface area contributed by atoms with Gasteiger partial charge < -0.3 is 5.11 Å². The fourth-order valence-corrected chi connectivity index (χ4v) is 2.68. The Labute approximate surface area is 116 Å². The van der Waals surface area contributed by atoms with Gasteiger partial charge in [0.15, 0.2) is 0 Å². The van der Waals surface area contributed by atoms with E-state index in [2.05, 4.69) is 50.2 Å². The maximum Gasteiger partial charge on any atom is 0.0540 e. The third-order valence-corrected chi connectivity index (χ3v) is 3.81. The van der Waals surface area contributed by atoms with Crippen LogP contribution in [0.5, 0.6) is 0 Å². The highest BCUT2D eigenvalue weighted by Gasteiger charge is 2.05. The van der Waals surface area contributed by atoms with Crippen LogP contribution in [-0.4, -0.2) is 11.2 Å². The molecule has 0 bridgehead atoms. The van der Waals surface area contributed by atoms with Crippen LogP contribution in [0.1, 0.15) is 43.7 Å². The minimum absolute atomic E-state index is 0.120. The lowest BCUT2D eigenvalue weighted by molar-refractivity contribution is 0.151. The standard InChI is InChI=1S/C18H24O/c1-3-7-18(19)11-6-10-15-13-17-9-5-4-8-16(17)12-14(15)2/h4-5,8-9,12-13,18-19H,3,6-7,10-11H2,1-2H3. The van der Waals surface area contributed by atoms with Crippen molar-refractivity contribution in [2.45, 2.75) is 52.1 Å². The summed E-state index contributed by atoms with van der Waals surface area (Å²) in [5, 5.41) is 12.4. The zero-order chi connectivity index (χ0) is 13.7. The summed E-state index contributed by atoms with van der Waals surface area (Å²) in [6, 6.07) is 13.1. The molecule has 1 nitrogen and oxygen atoms in total. The van der Waals surface area contributed by atoms with Gasteiger partial charge in [-0.05, 0) is 54.5 Å². The van der Waals surface area contributed by atoms with Crippen molar-refractivity contribution in [2.75, 3.05) is 0 Å². The second-order valence-electron chi connectivity index (χ2n) is 5.46. The topological polar surface area (TPSA) is 20.2 Å². The van der Waals surface area contributed by atoms with Gasteiger partial charge in [-0.15, -0.1) is 0 Å². The maximum absolute atomic E-state index is 9.77. The third-order valence-electron chi connectivity index (χ3n) is 3.81. The Morgan fingerprint density at radius 3 is 2.42 bits per heavy atom. The van der Waals surface area contributed by atoms with E-state index in [9.17, 15) is 5.11 Å². The van der Waals surface area contributed by atoms with E-state index in [-0.39, 0.29) is 6.10 Å². The zero-order valence-electron chi connectivity index (χ0n) is 12.0. The molecule has 2 aromatic carbocycles. The molecule has 0 aliphatic rings. The molecule has 1 heteroatoms. The van der Waals surface area contributed by atoms with Crippen LogP contribution >= 0.6 is 0 Å². The van der Waals surface area contributed by atoms with Gasteiger partial charge in [-0.3, -0.25) is 0 Å². The number of rotatable bonds is 6. The van der Waals surface area contributed by atoms with Crippen LogP contribution in [0.2, 0.25) is 0 Å². The van der Waals surface area contributed by atoms with E-state index in [0.717, 1.165) is 32.1 Å². The van der Waals surface area contributed by atoms with E-state index in [4.69, 9.17) is 0 Å². The first-order chi connectivity index (χ1) is 9.20. The summed E-state index contributed by atoms with van der Waals surface area (Å²) in [6.07, 6.45) is 4.93. The lowest BCUT2D eigenvalue weighted by Gasteiger charge is -2.11. The summed E-state index contributed by atoms with van der Waals surface area (Å²) in [6.45, 7) is 4.31. The summed E-state index contributed by atoms with van der Waals surface area (Å²) in [5.74, 6) is 0. The molecular formula is C18H24O. The number of aliphatic hydroxyl groups is 1. The molecule has 0 radical (unpaired) electrons. The second-order valence-corrected chi connectivity index (χ2v) is 5.46. The smallest absolute Gasteiger partial charge is 0.0540 e. The Hall–Kier alpha value is -1.34. The summed E-state index contributed by atoms with van der Waals surface area (Å²) < 4.78 is 0. The van der Waals surface area contributed by atoms with Crippen molar-refractivity contribution in [3.8, 4) is 0 Å². The number of benzene rings is 2. The Kier molecular flexibility index (Phi) is 4.98. The predicted molar refractivity (Wildman–Crippen MR) is 82.5 cm³/mol. The van der Waals surface area contributed by atoms with E-state index >= 15 is 0 Å². The molecule has 1 unspecified atom stereocenters. The van der Waals surface area contributed by atoms with Crippen LogP contribution in [0.4, 0.5) is 0 Å². The quantitative estimate of drug-likeness (QED) is 0.798. The molecule has 0 saturated carbocycles. The van der Waals surface area contributed by atoms with E-state index in [1.54, 1.807) is 0 Å².